The van der Waals surface area contributed by atoms with Gasteiger partial charge in [0.15, 0.2) is 0 Å². The van der Waals surface area contributed by atoms with Crippen LogP contribution in [0.1, 0.15) is 40.0 Å². The average Bonchev–Trinajstić information content (AvgIpc) is 1.56. The molecule has 0 aliphatic heterocycles. The van der Waals surface area contributed by atoms with Crippen molar-refractivity contribution in [3.05, 3.63) is 0 Å². The molecule has 1 fully saturated rings. The first-order valence-electron chi connectivity index (χ1n) is 4.19. The summed E-state index contributed by atoms with van der Waals surface area (Å²) < 4.78 is 0. The Bertz CT molecular complexity index is 97.8. The number of thioether (sulfide) groups is 1. The SMILES string of the molecule is CC(C)(C)CSC1CCC1. The van der Waals surface area contributed by atoms with E-state index in [1.807, 2.05) is 0 Å². The first-order chi connectivity index (χ1) is 4.58. The van der Waals surface area contributed by atoms with Crippen LogP contribution in [0.4, 0.5) is 0 Å². The third-order valence-electron chi connectivity index (χ3n) is 1.80. The Hall–Kier alpha value is 0.350. The second kappa shape index (κ2) is 3.17. The molecule has 1 aliphatic rings. The van der Waals surface area contributed by atoms with Gasteiger partial charge >= 0.3 is 0 Å². The standard InChI is InChI=1S/C9H18S/c1-9(2,3)7-10-8-5-4-6-8/h8H,4-7H2,1-3H3. The largest absolute Gasteiger partial charge is 0.158 e. The average molecular weight is 158 g/mol. The fourth-order valence-corrected chi connectivity index (χ4v) is 2.31. The molecule has 10 heavy (non-hydrogen) atoms. The molecule has 1 aliphatic carbocycles. The summed E-state index contributed by atoms with van der Waals surface area (Å²) in [5.41, 5.74) is 0.528. The summed E-state index contributed by atoms with van der Waals surface area (Å²) >= 11 is 2.17. The van der Waals surface area contributed by atoms with Crippen LogP contribution in [0.2, 0.25) is 0 Å². The highest BCUT2D eigenvalue weighted by molar-refractivity contribution is 7.99. The summed E-state index contributed by atoms with van der Waals surface area (Å²) in [6.45, 7) is 6.95. The molecular formula is C9H18S. The number of hydrogen-bond acceptors (Lipinski definition) is 1. The van der Waals surface area contributed by atoms with Crippen molar-refractivity contribution in [1.82, 2.24) is 0 Å². The van der Waals surface area contributed by atoms with Gasteiger partial charge in [0.25, 0.3) is 0 Å². The van der Waals surface area contributed by atoms with Crippen LogP contribution in [0, 0.1) is 5.41 Å². The Balaban J connectivity index is 2.04. The van der Waals surface area contributed by atoms with E-state index in [2.05, 4.69) is 32.5 Å². The fourth-order valence-electron chi connectivity index (χ4n) is 0.905. The molecule has 0 unspecified atom stereocenters. The highest BCUT2D eigenvalue weighted by Crippen LogP contribution is 2.34. The maximum Gasteiger partial charge on any atom is 0.00472 e. The molecule has 0 spiro atoms. The summed E-state index contributed by atoms with van der Waals surface area (Å²) in [7, 11) is 0. The number of rotatable bonds is 2. The van der Waals surface area contributed by atoms with Gasteiger partial charge in [0.1, 0.15) is 0 Å². The van der Waals surface area contributed by atoms with Crippen LogP contribution < -0.4 is 0 Å². The molecule has 0 radical (unpaired) electrons. The monoisotopic (exact) mass is 158 g/mol. The van der Waals surface area contributed by atoms with E-state index in [1.54, 1.807) is 0 Å². The number of hydrogen-bond donors (Lipinski definition) is 0. The molecule has 60 valence electrons. The first-order valence-corrected chi connectivity index (χ1v) is 5.24. The normalized spacial score (nSPS) is 20.7. The minimum Gasteiger partial charge on any atom is -0.158 e. The van der Waals surface area contributed by atoms with Gasteiger partial charge in [-0.3, -0.25) is 0 Å². The molecule has 1 heteroatoms. The van der Waals surface area contributed by atoms with Crippen molar-refractivity contribution in [2.45, 2.75) is 45.3 Å². The highest BCUT2D eigenvalue weighted by Gasteiger charge is 2.20. The lowest BCUT2D eigenvalue weighted by molar-refractivity contribution is 0.471. The molecule has 1 saturated carbocycles. The second-order valence-corrected chi connectivity index (χ2v) is 5.71. The van der Waals surface area contributed by atoms with Gasteiger partial charge in [0, 0.05) is 5.25 Å². The van der Waals surface area contributed by atoms with Crippen molar-refractivity contribution in [3.8, 4) is 0 Å². The summed E-state index contributed by atoms with van der Waals surface area (Å²) in [6, 6.07) is 0. The third kappa shape index (κ3) is 2.96. The lowest BCUT2D eigenvalue weighted by atomic mass is 9.99. The summed E-state index contributed by atoms with van der Waals surface area (Å²) in [4.78, 5) is 0. The van der Waals surface area contributed by atoms with Crippen LogP contribution >= 0.6 is 11.8 Å². The van der Waals surface area contributed by atoms with Crippen LogP contribution in [0.3, 0.4) is 0 Å². The zero-order chi connectivity index (χ0) is 7.61. The van der Waals surface area contributed by atoms with Crippen LogP contribution in [0.25, 0.3) is 0 Å². The Morgan fingerprint density at radius 1 is 1.30 bits per heavy atom. The molecule has 0 atom stereocenters. The van der Waals surface area contributed by atoms with Gasteiger partial charge in [-0.1, -0.05) is 27.2 Å². The molecule has 0 bridgehead atoms. The van der Waals surface area contributed by atoms with E-state index in [0.29, 0.717) is 5.41 Å². The third-order valence-corrected chi connectivity index (χ3v) is 3.78. The van der Waals surface area contributed by atoms with E-state index in [0.717, 1.165) is 5.25 Å². The maximum atomic E-state index is 2.32. The second-order valence-electron chi connectivity index (χ2n) is 4.42. The van der Waals surface area contributed by atoms with Crippen molar-refractivity contribution in [3.63, 3.8) is 0 Å². The lowest BCUT2D eigenvalue weighted by Crippen LogP contribution is -2.18. The van der Waals surface area contributed by atoms with E-state index < -0.39 is 0 Å². The highest BCUT2D eigenvalue weighted by atomic mass is 32.2. The van der Waals surface area contributed by atoms with Gasteiger partial charge in [0.05, 0.1) is 0 Å². The lowest BCUT2D eigenvalue weighted by Gasteiger charge is -2.28. The molecule has 0 nitrogen and oxygen atoms in total. The molecule has 1 rings (SSSR count). The molecule has 0 amide bonds. The predicted octanol–water partition coefficient (Wildman–Crippen LogP) is 3.32. The van der Waals surface area contributed by atoms with Crippen molar-refractivity contribution in [2.75, 3.05) is 5.75 Å². The summed E-state index contributed by atoms with van der Waals surface area (Å²) in [5, 5.41) is 1.01. The van der Waals surface area contributed by atoms with E-state index >= 15 is 0 Å². The van der Waals surface area contributed by atoms with Crippen LogP contribution in [0.15, 0.2) is 0 Å². The Morgan fingerprint density at radius 2 is 1.90 bits per heavy atom. The fraction of sp³-hybridized carbons (Fsp3) is 1.00. The molecule has 0 aromatic heterocycles. The molecular weight excluding hydrogens is 140 g/mol. The van der Waals surface area contributed by atoms with Crippen LogP contribution in [0.5, 0.6) is 0 Å². The summed E-state index contributed by atoms with van der Waals surface area (Å²) in [5.74, 6) is 1.33. The van der Waals surface area contributed by atoms with E-state index in [4.69, 9.17) is 0 Å². The van der Waals surface area contributed by atoms with Gasteiger partial charge < -0.3 is 0 Å². The van der Waals surface area contributed by atoms with Crippen molar-refractivity contribution >= 4 is 11.8 Å². The zero-order valence-corrected chi connectivity index (χ0v) is 8.13. The van der Waals surface area contributed by atoms with Gasteiger partial charge in [-0.05, 0) is 24.0 Å². The maximum absolute atomic E-state index is 2.32. The molecule has 0 aromatic rings. The predicted molar refractivity (Wildman–Crippen MR) is 49.6 cm³/mol. The van der Waals surface area contributed by atoms with E-state index in [9.17, 15) is 0 Å². The Morgan fingerprint density at radius 3 is 2.20 bits per heavy atom. The van der Waals surface area contributed by atoms with Crippen molar-refractivity contribution in [2.24, 2.45) is 5.41 Å². The first kappa shape index (κ1) is 8.45. The van der Waals surface area contributed by atoms with Crippen molar-refractivity contribution < 1.29 is 0 Å². The van der Waals surface area contributed by atoms with Gasteiger partial charge in [-0.2, -0.15) is 11.8 Å². The molecule has 0 heterocycles. The molecule has 0 aromatic carbocycles. The van der Waals surface area contributed by atoms with Crippen LogP contribution in [-0.4, -0.2) is 11.0 Å². The zero-order valence-electron chi connectivity index (χ0n) is 7.31. The van der Waals surface area contributed by atoms with Crippen molar-refractivity contribution in [1.29, 1.82) is 0 Å². The minimum atomic E-state index is 0.528. The quantitative estimate of drug-likeness (QED) is 0.594. The smallest absolute Gasteiger partial charge is 0.00472 e. The Kier molecular flexibility index (Phi) is 2.67. The van der Waals surface area contributed by atoms with E-state index in [1.165, 1.54) is 25.0 Å². The van der Waals surface area contributed by atoms with Gasteiger partial charge in [-0.15, -0.1) is 0 Å². The topological polar surface area (TPSA) is 0 Å². The van der Waals surface area contributed by atoms with Gasteiger partial charge in [0.2, 0.25) is 0 Å². The van der Waals surface area contributed by atoms with E-state index in [-0.39, 0.29) is 0 Å². The minimum absolute atomic E-state index is 0.528. The molecule has 0 N–H and O–H groups in total. The van der Waals surface area contributed by atoms with Crippen LogP contribution in [-0.2, 0) is 0 Å². The van der Waals surface area contributed by atoms with Gasteiger partial charge in [-0.25, -0.2) is 0 Å². The molecule has 0 saturated heterocycles. The summed E-state index contributed by atoms with van der Waals surface area (Å²) in [6.07, 6.45) is 4.42. The Labute approximate surface area is 68.8 Å².